The summed E-state index contributed by atoms with van der Waals surface area (Å²) in [5, 5.41) is 4.99. The van der Waals surface area contributed by atoms with Crippen LogP contribution in [-0.2, 0) is 6.54 Å². The molecule has 0 aromatic heterocycles. The molecule has 1 saturated carbocycles. The predicted molar refractivity (Wildman–Crippen MR) is 80.9 cm³/mol. The Hall–Kier alpha value is -0.280. The molecule has 1 saturated heterocycles. The summed E-state index contributed by atoms with van der Waals surface area (Å²) in [5.41, 5.74) is 1.26. The summed E-state index contributed by atoms with van der Waals surface area (Å²) in [6.45, 7) is 4.45. The Balaban J connectivity index is 1.65. The maximum atomic E-state index is 6.09. The summed E-state index contributed by atoms with van der Waals surface area (Å²) in [6, 6.07) is 6.66. The van der Waals surface area contributed by atoms with Crippen LogP contribution in [0.1, 0.15) is 24.8 Å². The molecular formula is C15H20Cl2N2. The topological polar surface area (TPSA) is 15.3 Å². The summed E-state index contributed by atoms with van der Waals surface area (Å²) in [5.74, 6) is 0.911. The lowest BCUT2D eigenvalue weighted by Gasteiger charge is -2.24. The SMILES string of the molecule is Clc1ccc(CN2CCCNC(C3CC3)C2)cc1Cl. The second-order valence-electron chi connectivity index (χ2n) is 5.74. The molecule has 0 amide bonds. The van der Waals surface area contributed by atoms with E-state index in [1.165, 1.54) is 24.8 Å². The highest BCUT2D eigenvalue weighted by Crippen LogP contribution is 2.33. The molecule has 3 rings (SSSR count). The summed E-state index contributed by atoms with van der Waals surface area (Å²) >= 11 is 12.1. The molecule has 2 nitrogen and oxygen atoms in total. The molecule has 1 unspecified atom stereocenters. The van der Waals surface area contributed by atoms with Gasteiger partial charge in [0, 0.05) is 19.1 Å². The Bertz CT molecular complexity index is 446. The fraction of sp³-hybridized carbons (Fsp3) is 0.600. The first kappa shape index (κ1) is 13.7. The highest BCUT2D eigenvalue weighted by Gasteiger charge is 2.32. The molecule has 1 N–H and O–H groups in total. The van der Waals surface area contributed by atoms with E-state index in [0.717, 1.165) is 32.1 Å². The molecule has 2 fully saturated rings. The van der Waals surface area contributed by atoms with Crippen molar-refractivity contribution in [3.8, 4) is 0 Å². The third-order valence-electron chi connectivity index (χ3n) is 4.09. The first-order valence-electron chi connectivity index (χ1n) is 7.12. The summed E-state index contributed by atoms with van der Waals surface area (Å²) in [4.78, 5) is 2.54. The van der Waals surface area contributed by atoms with Crippen LogP contribution < -0.4 is 5.32 Å². The summed E-state index contributed by atoms with van der Waals surface area (Å²) in [6.07, 6.45) is 4.03. The second kappa shape index (κ2) is 6.01. The average Bonchev–Trinajstić information content (AvgIpc) is 3.20. The van der Waals surface area contributed by atoms with Crippen molar-refractivity contribution >= 4 is 23.2 Å². The van der Waals surface area contributed by atoms with Crippen molar-refractivity contribution in [3.05, 3.63) is 33.8 Å². The first-order chi connectivity index (χ1) is 9.22. The maximum Gasteiger partial charge on any atom is 0.0595 e. The largest absolute Gasteiger partial charge is 0.312 e. The van der Waals surface area contributed by atoms with Gasteiger partial charge >= 0.3 is 0 Å². The van der Waals surface area contributed by atoms with Crippen LogP contribution in [0.4, 0.5) is 0 Å². The zero-order valence-corrected chi connectivity index (χ0v) is 12.6. The van der Waals surface area contributed by atoms with E-state index in [1.807, 2.05) is 12.1 Å². The standard InChI is InChI=1S/C15H20Cl2N2/c16-13-5-2-11(8-14(13)17)9-19-7-1-6-18-15(10-19)12-3-4-12/h2,5,8,12,15,18H,1,3-4,6-7,9-10H2. The van der Waals surface area contributed by atoms with Crippen molar-refractivity contribution in [3.63, 3.8) is 0 Å². The van der Waals surface area contributed by atoms with Crippen LogP contribution >= 0.6 is 23.2 Å². The number of halogens is 2. The van der Waals surface area contributed by atoms with Crippen LogP contribution in [0.2, 0.25) is 10.0 Å². The molecule has 19 heavy (non-hydrogen) atoms. The second-order valence-corrected chi connectivity index (χ2v) is 6.55. The predicted octanol–water partition coefficient (Wildman–Crippen LogP) is 3.57. The zero-order valence-electron chi connectivity index (χ0n) is 11.0. The number of nitrogens with one attached hydrogen (secondary N) is 1. The van der Waals surface area contributed by atoms with Crippen LogP contribution in [0, 0.1) is 5.92 Å². The number of hydrogen-bond donors (Lipinski definition) is 1. The average molecular weight is 299 g/mol. The Labute approximate surface area is 125 Å². The van der Waals surface area contributed by atoms with E-state index in [2.05, 4.69) is 16.3 Å². The minimum absolute atomic E-state index is 0.638. The quantitative estimate of drug-likeness (QED) is 0.918. The molecule has 4 heteroatoms. The highest BCUT2D eigenvalue weighted by molar-refractivity contribution is 6.42. The number of rotatable bonds is 3. The van der Waals surface area contributed by atoms with Gasteiger partial charge in [-0.25, -0.2) is 0 Å². The van der Waals surface area contributed by atoms with E-state index in [4.69, 9.17) is 23.2 Å². The van der Waals surface area contributed by atoms with E-state index < -0.39 is 0 Å². The molecule has 1 aliphatic carbocycles. The lowest BCUT2D eigenvalue weighted by atomic mass is 10.1. The zero-order chi connectivity index (χ0) is 13.2. The third kappa shape index (κ3) is 3.63. The molecule has 1 heterocycles. The van der Waals surface area contributed by atoms with Crippen molar-refractivity contribution in [1.29, 1.82) is 0 Å². The van der Waals surface area contributed by atoms with Gasteiger partial charge in [0.25, 0.3) is 0 Å². The Morgan fingerprint density at radius 2 is 2.05 bits per heavy atom. The van der Waals surface area contributed by atoms with Crippen LogP contribution in [0.5, 0.6) is 0 Å². The molecule has 1 aliphatic heterocycles. The molecule has 0 radical (unpaired) electrons. The van der Waals surface area contributed by atoms with Crippen molar-refractivity contribution < 1.29 is 0 Å². The number of hydrogen-bond acceptors (Lipinski definition) is 2. The van der Waals surface area contributed by atoms with Gasteiger partial charge in [-0.1, -0.05) is 29.3 Å². The molecule has 2 aliphatic rings. The van der Waals surface area contributed by atoms with E-state index in [-0.39, 0.29) is 0 Å². The van der Waals surface area contributed by atoms with Gasteiger partial charge in [0.2, 0.25) is 0 Å². The van der Waals surface area contributed by atoms with Gasteiger partial charge in [-0.2, -0.15) is 0 Å². The van der Waals surface area contributed by atoms with Crippen LogP contribution in [0.25, 0.3) is 0 Å². The smallest absolute Gasteiger partial charge is 0.0595 e. The van der Waals surface area contributed by atoms with E-state index >= 15 is 0 Å². The van der Waals surface area contributed by atoms with Gasteiger partial charge in [0.05, 0.1) is 10.0 Å². The van der Waals surface area contributed by atoms with E-state index in [9.17, 15) is 0 Å². The molecule has 104 valence electrons. The van der Waals surface area contributed by atoms with E-state index in [0.29, 0.717) is 16.1 Å². The fourth-order valence-corrected chi connectivity index (χ4v) is 3.20. The minimum Gasteiger partial charge on any atom is -0.312 e. The number of benzene rings is 1. The van der Waals surface area contributed by atoms with Gasteiger partial charge < -0.3 is 5.32 Å². The Kier molecular flexibility index (Phi) is 4.33. The van der Waals surface area contributed by atoms with Gasteiger partial charge in [-0.3, -0.25) is 4.90 Å². The van der Waals surface area contributed by atoms with Crippen LogP contribution in [-0.4, -0.2) is 30.6 Å². The molecule has 0 bridgehead atoms. The Morgan fingerprint density at radius 1 is 1.21 bits per heavy atom. The number of nitrogens with zero attached hydrogens (tertiary/aromatic N) is 1. The van der Waals surface area contributed by atoms with Crippen LogP contribution in [0.3, 0.4) is 0 Å². The summed E-state index contributed by atoms with van der Waals surface area (Å²) in [7, 11) is 0. The Morgan fingerprint density at radius 3 is 2.79 bits per heavy atom. The van der Waals surface area contributed by atoms with Crippen molar-refractivity contribution in [2.45, 2.75) is 31.8 Å². The molecule has 1 atom stereocenters. The van der Waals surface area contributed by atoms with Gasteiger partial charge in [0.15, 0.2) is 0 Å². The minimum atomic E-state index is 0.638. The van der Waals surface area contributed by atoms with Gasteiger partial charge in [0.1, 0.15) is 0 Å². The summed E-state index contributed by atoms with van der Waals surface area (Å²) < 4.78 is 0. The van der Waals surface area contributed by atoms with E-state index in [1.54, 1.807) is 0 Å². The highest BCUT2D eigenvalue weighted by atomic mass is 35.5. The monoisotopic (exact) mass is 298 g/mol. The van der Waals surface area contributed by atoms with Crippen molar-refractivity contribution in [2.24, 2.45) is 5.92 Å². The van der Waals surface area contributed by atoms with Crippen molar-refractivity contribution in [1.82, 2.24) is 10.2 Å². The lowest BCUT2D eigenvalue weighted by molar-refractivity contribution is 0.251. The van der Waals surface area contributed by atoms with Crippen LogP contribution in [0.15, 0.2) is 18.2 Å². The first-order valence-corrected chi connectivity index (χ1v) is 7.87. The van der Waals surface area contributed by atoms with Crippen molar-refractivity contribution in [2.75, 3.05) is 19.6 Å². The molecule has 1 aromatic rings. The third-order valence-corrected chi connectivity index (χ3v) is 4.83. The normalized spacial score (nSPS) is 25.3. The van der Waals surface area contributed by atoms with Gasteiger partial charge in [-0.05, 0) is 56.0 Å². The molecule has 0 spiro atoms. The molecule has 1 aromatic carbocycles. The molecular weight excluding hydrogens is 279 g/mol. The lowest BCUT2D eigenvalue weighted by Crippen LogP contribution is -2.38. The van der Waals surface area contributed by atoms with Gasteiger partial charge in [-0.15, -0.1) is 0 Å². The maximum absolute atomic E-state index is 6.09. The fourth-order valence-electron chi connectivity index (χ4n) is 2.88.